The second kappa shape index (κ2) is 9.31. The van der Waals surface area contributed by atoms with Gasteiger partial charge in [0.15, 0.2) is 0 Å². The van der Waals surface area contributed by atoms with Gasteiger partial charge in [0.25, 0.3) is 0 Å². The summed E-state index contributed by atoms with van der Waals surface area (Å²) in [7, 11) is 0. The number of aliphatic hydroxyl groups is 1. The van der Waals surface area contributed by atoms with Crippen molar-refractivity contribution in [2.75, 3.05) is 6.61 Å². The monoisotopic (exact) mass is 590 g/mol. The largest absolute Gasteiger partial charge is 0.462 e. The maximum Gasteiger partial charge on any atom is 0.315 e. The van der Waals surface area contributed by atoms with Crippen molar-refractivity contribution >= 4 is 11.9 Å². The topological polar surface area (TPSA) is 82.1 Å². The quantitative estimate of drug-likeness (QED) is 0.378. The predicted molar refractivity (Wildman–Crippen MR) is 161 cm³/mol. The molecule has 8 rings (SSSR count). The van der Waals surface area contributed by atoms with Gasteiger partial charge in [-0.3, -0.25) is 9.59 Å². The fourth-order valence-corrected chi connectivity index (χ4v) is 12.5. The highest BCUT2D eigenvalue weighted by Gasteiger charge is 3.08. The van der Waals surface area contributed by atoms with E-state index in [1.54, 1.807) is 0 Å². The Morgan fingerprint density at radius 3 is 1.93 bits per heavy atom. The number of hydrogen-bond donors (Lipinski definition) is 1. The highest BCUT2D eigenvalue weighted by Crippen LogP contribution is 3.00. The first kappa shape index (κ1) is 28.5. The number of ether oxygens (including phenoxy) is 3. The van der Waals surface area contributed by atoms with Gasteiger partial charge in [0.05, 0.1) is 18.8 Å². The van der Waals surface area contributed by atoms with E-state index in [0.29, 0.717) is 35.5 Å². The van der Waals surface area contributed by atoms with E-state index in [1.807, 2.05) is 12.1 Å². The van der Waals surface area contributed by atoms with Crippen LogP contribution >= 0.6 is 0 Å². The zero-order valence-electron chi connectivity index (χ0n) is 26.8. The lowest BCUT2D eigenvalue weighted by molar-refractivity contribution is -0.386. The van der Waals surface area contributed by atoms with Gasteiger partial charge in [-0.05, 0) is 72.3 Å². The van der Waals surface area contributed by atoms with Crippen LogP contribution in [0.25, 0.3) is 0 Å². The van der Waals surface area contributed by atoms with E-state index in [0.717, 1.165) is 49.7 Å². The molecule has 1 aromatic rings. The Hall–Kier alpha value is -1.92. The molecule has 0 amide bonds. The molecule has 7 aliphatic rings. The van der Waals surface area contributed by atoms with E-state index < -0.39 is 16.2 Å². The van der Waals surface area contributed by atoms with Crippen LogP contribution in [0.1, 0.15) is 103 Å². The second-order valence-corrected chi connectivity index (χ2v) is 16.5. The van der Waals surface area contributed by atoms with Crippen LogP contribution in [0.3, 0.4) is 0 Å². The van der Waals surface area contributed by atoms with Gasteiger partial charge >= 0.3 is 11.9 Å². The predicted octanol–water partition coefficient (Wildman–Crippen LogP) is 6.25. The van der Waals surface area contributed by atoms with E-state index in [9.17, 15) is 5.11 Å². The Bertz CT molecular complexity index is 1340. The highest BCUT2D eigenvalue weighted by atomic mass is 16.6. The number of rotatable bonds is 7. The minimum absolute atomic E-state index is 0.154. The Morgan fingerprint density at radius 1 is 0.860 bits per heavy atom. The Morgan fingerprint density at radius 2 is 1.40 bits per heavy atom. The van der Waals surface area contributed by atoms with Gasteiger partial charge in [0, 0.05) is 23.2 Å². The number of carbonyl (C=O) groups excluding carboxylic acids is 2. The summed E-state index contributed by atoms with van der Waals surface area (Å²) in [5.41, 5.74) is -0.742. The molecule has 0 radical (unpaired) electrons. The van der Waals surface area contributed by atoms with Crippen molar-refractivity contribution < 1.29 is 28.9 Å². The summed E-state index contributed by atoms with van der Waals surface area (Å²) < 4.78 is 20.2. The summed E-state index contributed by atoms with van der Waals surface area (Å²) in [4.78, 5) is 30.1. The molecule has 1 N–H and O–H groups in total. The SMILES string of the molecule is CC(C)[C@@H]1CC[C@@H](C)C[C@H]1OC(=O)[C@]12[C@H]3c4ccccc4[C@@H]4[C@@H]5O[C@H]3[C@H]1[C@]5(CO)[C@@]42C(=O)O[C@@H]1C[C@H](C)CC[C@H]1C(C)C. The van der Waals surface area contributed by atoms with Gasteiger partial charge in [-0.25, -0.2) is 0 Å². The maximum absolute atomic E-state index is 15.1. The summed E-state index contributed by atoms with van der Waals surface area (Å²) in [5, 5.41) is 11.2. The third kappa shape index (κ3) is 3.05. The van der Waals surface area contributed by atoms with Gasteiger partial charge in [0.2, 0.25) is 0 Å². The molecule has 234 valence electrons. The van der Waals surface area contributed by atoms with Gasteiger partial charge in [-0.1, -0.05) is 78.6 Å². The number of hydrogen-bond acceptors (Lipinski definition) is 6. The minimum atomic E-state index is -1.15. The van der Waals surface area contributed by atoms with Gasteiger partial charge in [0.1, 0.15) is 23.0 Å². The van der Waals surface area contributed by atoms with Crippen LogP contribution < -0.4 is 0 Å². The molecule has 1 saturated heterocycles. The Balaban J connectivity index is 1.24. The van der Waals surface area contributed by atoms with Crippen LogP contribution in [0.2, 0.25) is 0 Å². The van der Waals surface area contributed by atoms with Gasteiger partial charge in [-0.15, -0.1) is 0 Å². The first-order chi connectivity index (χ1) is 20.6. The average molecular weight is 591 g/mol. The van der Waals surface area contributed by atoms with Gasteiger partial charge < -0.3 is 19.3 Å². The van der Waals surface area contributed by atoms with Crippen LogP contribution in [0, 0.1) is 57.7 Å². The summed E-state index contributed by atoms with van der Waals surface area (Å²) in [6.07, 6.45) is 5.32. The number of carbonyl (C=O) groups is 2. The fraction of sp³-hybridized carbons (Fsp3) is 0.784. The van der Waals surface area contributed by atoms with E-state index in [1.165, 1.54) is 0 Å². The van der Waals surface area contributed by atoms with Gasteiger partial charge in [-0.2, -0.15) is 0 Å². The molecule has 6 heteroatoms. The second-order valence-electron chi connectivity index (χ2n) is 16.5. The summed E-state index contributed by atoms with van der Waals surface area (Å²) in [5.74, 6) is 1.13. The third-order valence-corrected chi connectivity index (χ3v) is 14.2. The fourth-order valence-electron chi connectivity index (χ4n) is 12.5. The standard InChI is InChI=1S/C37H50O6/c1-18(2)22-13-11-20(5)15-26(22)41-33(39)36-28-24-9-7-8-10-25(24)29-32-35(17-38,31(36)30(28)43-32)37(29,36)34(40)42-27-16-21(6)12-14-23(27)19(3)4/h7-10,18-23,26-32,38H,11-17H2,1-6H3/t20-,21-,22+,23+,26-,27-,28+,29-,30-,31+,32+,35+,36+,37+/m1/s1. The number of aliphatic hydroxyl groups excluding tert-OH is 1. The van der Waals surface area contributed by atoms with E-state index in [4.69, 9.17) is 14.2 Å². The molecule has 6 fully saturated rings. The molecule has 0 aromatic heterocycles. The highest BCUT2D eigenvalue weighted by molar-refractivity contribution is 6.00. The molecule has 1 heterocycles. The zero-order valence-corrected chi connectivity index (χ0v) is 26.8. The molecule has 43 heavy (non-hydrogen) atoms. The first-order valence-corrected chi connectivity index (χ1v) is 17.3. The molecular formula is C37H50O6. The van der Waals surface area contributed by atoms with Crippen molar-refractivity contribution in [3.05, 3.63) is 35.4 Å². The summed E-state index contributed by atoms with van der Waals surface area (Å²) in [6.45, 7) is 13.2. The molecule has 6 nitrogen and oxygen atoms in total. The lowest BCUT2D eigenvalue weighted by atomic mass is 9.10. The van der Waals surface area contributed by atoms with Crippen molar-refractivity contribution in [1.82, 2.24) is 0 Å². The van der Waals surface area contributed by atoms with Crippen molar-refractivity contribution in [2.45, 2.75) is 116 Å². The van der Waals surface area contributed by atoms with E-state index in [2.05, 4.69) is 53.7 Å². The van der Waals surface area contributed by atoms with Crippen molar-refractivity contribution in [3.63, 3.8) is 0 Å². The number of esters is 2. The molecule has 14 atom stereocenters. The van der Waals surface area contributed by atoms with Crippen LogP contribution in [0.15, 0.2) is 24.3 Å². The molecule has 1 aliphatic heterocycles. The third-order valence-electron chi connectivity index (χ3n) is 14.2. The molecular weight excluding hydrogens is 540 g/mol. The zero-order chi connectivity index (χ0) is 30.2. The van der Waals surface area contributed by atoms with Crippen molar-refractivity contribution in [2.24, 2.45) is 57.7 Å². The van der Waals surface area contributed by atoms with E-state index in [-0.39, 0.29) is 60.7 Å². The molecule has 0 bridgehead atoms. The normalized spacial score (nSPS) is 49.8. The average Bonchev–Trinajstić information content (AvgIpc) is 3.12. The maximum atomic E-state index is 15.1. The van der Waals surface area contributed by atoms with Crippen LogP contribution in [-0.2, 0) is 23.8 Å². The van der Waals surface area contributed by atoms with E-state index >= 15 is 9.59 Å². The molecule has 0 unspecified atom stereocenters. The number of fused-ring (bicyclic) bond motifs is 5. The molecule has 0 spiro atoms. The first-order valence-electron chi connectivity index (χ1n) is 17.3. The lowest BCUT2D eigenvalue weighted by Crippen LogP contribution is -2.96. The smallest absolute Gasteiger partial charge is 0.315 e. The summed E-state index contributed by atoms with van der Waals surface area (Å²) in [6, 6.07) is 8.32. The Kier molecular flexibility index (Phi) is 6.18. The van der Waals surface area contributed by atoms with Crippen molar-refractivity contribution in [1.29, 1.82) is 0 Å². The van der Waals surface area contributed by atoms with Crippen LogP contribution in [-0.4, -0.2) is 48.1 Å². The van der Waals surface area contributed by atoms with Crippen molar-refractivity contribution in [3.8, 4) is 0 Å². The lowest BCUT2D eigenvalue weighted by Gasteiger charge is -2.87. The molecule has 6 aliphatic carbocycles. The number of benzene rings is 1. The summed E-state index contributed by atoms with van der Waals surface area (Å²) >= 11 is 0. The Labute approximate surface area is 256 Å². The van der Waals surface area contributed by atoms with Crippen LogP contribution in [0.4, 0.5) is 0 Å². The molecule has 5 saturated carbocycles. The van der Waals surface area contributed by atoms with Crippen LogP contribution in [0.5, 0.6) is 0 Å². The molecule has 1 aromatic carbocycles. The minimum Gasteiger partial charge on any atom is -0.462 e.